The Bertz CT molecular complexity index is 937. The van der Waals surface area contributed by atoms with Gasteiger partial charge in [-0.2, -0.15) is 5.10 Å². The van der Waals surface area contributed by atoms with E-state index in [0.717, 1.165) is 0 Å². The van der Waals surface area contributed by atoms with Gasteiger partial charge in [0, 0.05) is 12.4 Å². The van der Waals surface area contributed by atoms with Crippen LogP contribution in [0.5, 0.6) is 0 Å². The fraction of sp³-hybridized carbons (Fsp3) is 0. The quantitative estimate of drug-likeness (QED) is 0.441. The molecule has 8 heteroatoms. The van der Waals surface area contributed by atoms with E-state index in [1.54, 1.807) is 18.7 Å². The van der Waals surface area contributed by atoms with Crippen molar-refractivity contribution in [1.82, 2.24) is 29.9 Å². The van der Waals surface area contributed by atoms with E-state index in [-0.39, 0.29) is 0 Å². The molecule has 4 rings (SSSR count). The van der Waals surface area contributed by atoms with Gasteiger partial charge in [0.1, 0.15) is 17.6 Å². The first-order valence-electron chi connectivity index (χ1n) is 7.22. The molecule has 0 aromatic carbocycles. The van der Waals surface area contributed by atoms with Gasteiger partial charge in [-0.15, -0.1) is 0 Å². The summed E-state index contributed by atoms with van der Waals surface area (Å²) in [6.07, 6.45) is 6.42. The van der Waals surface area contributed by atoms with E-state index in [1.165, 1.54) is 6.33 Å². The summed E-state index contributed by atoms with van der Waals surface area (Å²) in [5.41, 5.74) is 6.24. The number of hydrogen-bond acceptors (Lipinski definition) is 7. The Kier molecular flexibility index (Phi) is 3.61. The number of imidazole rings is 1. The highest BCUT2D eigenvalue weighted by molar-refractivity contribution is 6.10. The molecular formula is C16H12N8. The van der Waals surface area contributed by atoms with E-state index in [9.17, 15) is 0 Å². The van der Waals surface area contributed by atoms with Crippen molar-refractivity contribution in [3.8, 4) is 0 Å². The average Bonchev–Trinajstić information content (AvgIpc) is 3.13. The lowest BCUT2D eigenvalue weighted by Crippen LogP contribution is -2.10. The Morgan fingerprint density at radius 1 is 0.875 bits per heavy atom. The van der Waals surface area contributed by atoms with Gasteiger partial charge in [0.25, 0.3) is 0 Å². The number of anilines is 1. The van der Waals surface area contributed by atoms with Crippen LogP contribution in [0.1, 0.15) is 11.4 Å². The van der Waals surface area contributed by atoms with Gasteiger partial charge in [-0.1, -0.05) is 12.1 Å². The van der Waals surface area contributed by atoms with Gasteiger partial charge >= 0.3 is 0 Å². The van der Waals surface area contributed by atoms with Crippen molar-refractivity contribution in [3.63, 3.8) is 0 Å². The second kappa shape index (κ2) is 6.21. The van der Waals surface area contributed by atoms with Crippen molar-refractivity contribution in [3.05, 3.63) is 72.8 Å². The number of hydrogen-bond donors (Lipinski definition) is 2. The number of pyridine rings is 2. The molecule has 0 amide bonds. The van der Waals surface area contributed by atoms with Crippen LogP contribution in [0, 0.1) is 0 Å². The molecule has 24 heavy (non-hydrogen) atoms. The molecule has 0 aliphatic heterocycles. The third-order valence-corrected chi connectivity index (χ3v) is 3.31. The largest absolute Gasteiger partial charge is 0.340 e. The second-order valence-corrected chi connectivity index (χ2v) is 4.83. The summed E-state index contributed by atoms with van der Waals surface area (Å²) in [4.78, 5) is 24.1. The molecule has 0 fully saturated rings. The van der Waals surface area contributed by atoms with Crippen LogP contribution in [0.3, 0.4) is 0 Å². The minimum atomic E-state index is 0.530. The number of hydrazone groups is 1. The SMILES string of the molecule is c1ccc(C(=NNc2ncnc3nc[nH]c23)c2ccccn2)nc1. The number of rotatable bonds is 4. The van der Waals surface area contributed by atoms with Crippen LogP contribution in [0.2, 0.25) is 0 Å². The van der Waals surface area contributed by atoms with Crippen molar-refractivity contribution in [2.45, 2.75) is 0 Å². The zero-order valence-corrected chi connectivity index (χ0v) is 12.5. The summed E-state index contributed by atoms with van der Waals surface area (Å²) in [5.74, 6) is 0.530. The fourth-order valence-electron chi connectivity index (χ4n) is 2.21. The summed E-state index contributed by atoms with van der Waals surface area (Å²) in [5, 5.41) is 4.47. The molecule has 4 heterocycles. The number of fused-ring (bicyclic) bond motifs is 1. The van der Waals surface area contributed by atoms with Crippen molar-refractivity contribution in [2.75, 3.05) is 5.43 Å². The maximum absolute atomic E-state index is 4.47. The van der Waals surface area contributed by atoms with Gasteiger partial charge in [0.2, 0.25) is 0 Å². The Hall–Kier alpha value is -3.68. The van der Waals surface area contributed by atoms with Crippen LogP contribution < -0.4 is 5.43 Å². The lowest BCUT2D eigenvalue weighted by Gasteiger charge is -2.06. The number of nitrogens with zero attached hydrogens (tertiary/aromatic N) is 6. The first-order valence-corrected chi connectivity index (χ1v) is 7.22. The molecule has 4 aromatic heterocycles. The molecule has 2 N–H and O–H groups in total. The average molecular weight is 316 g/mol. The maximum Gasteiger partial charge on any atom is 0.182 e. The van der Waals surface area contributed by atoms with Crippen LogP contribution in [0.25, 0.3) is 11.2 Å². The molecule has 4 aromatic rings. The summed E-state index contributed by atoms with van der Waals surface area (Å²) in [6.45, 7) is 0. The summed E-state index contributed by atoms with van der Waals surface area (Å²) in [6, 6.07) is 11.3. The number of nitrogens with one attached hydrogen (secondary N) is 2. The monoisotopic (exact) mass is 316 g/mol. The molecule has 0 aliphatic carbocycles. The van der Waals surface area contributed by atoms with Crippen molar-refractivity contribution >= 4 is 22.7 Å². The predicted octanol–water partition coefficient (Wildman–Crippen LogP) is 2.01. The van der Waals surface area contributed by atoms with Gasteiger partial charge in [-0.3, -0.25) is 15.4 Å². The summed E-state index contributed by atoms with van der Waals surface area (Å²) >= 11 is 0. The highest BCUT2D eigenvalue weighted by Crippen LogP contribution is 2.15. The second-order valence-electron chi connectivity index (χ2n) is 4.83. The molecule has 0 atom stereocenters. The van der Waals surface area contributed by atoms with Crippen LogP contribution in [-0.4, -0.2) is 35.6 Å². The molecule has 0 bridgehead atoms. The highest BCUT2D eigenvalue weighted by atomic mass is 15.3. The third-order valence-electron chi connectivity index (χ3n) is 3.31. The number of H-pyrrole nitrogens is 1. The number of aromatic nitrogens is 6. The molecule has 0 unspecified atom stereocenters. The molecule has 0 aliphatic rings. The first kappa shape index (κ1) is 13.9. The Morgan fingerprint density at radius 3 is 2.29 bits per heavy atom. The zero-order chi connectivity index (χ0) is 16.2. The summed E-state index contributed by atoms with van der Waals surface area (Å²) < 4.78 is 0. The van der Waals surface area contributed by atoms with Crippen LogP contribution in [0.15, 0.2) is 66.5 Å². The zero-order valence-electron chi connectivity index (χ0n) is 12.5. The lowest BCUT2D eigenvalue weighted by atomic mass is 10.1. The molecule has 0 radical (unpaired) electrons. The Balaban J connectivity index is 1.76. The molecule has 116 valence electrons. The Labute approximate surface area is 136 Å². The third kappa shape index (κ3) is 2.68. The van der Waals surface area contributed by atoms with Crippen molar-refractivity contribution < 1.29 is 0 Å². The van der Waals surface area contributed by atoms with Gasteiger partial charge in [0.15, 0.2) is 11.5 Å². The standard InChI is InChI=1S/C16H12N8/c1-3-7-17-11(5-1)13(12-6-2-4-8-18-12)23-24-16-14-15(20-9-19-14)21-10-22-16/h1-10H,(H2,19,20,21,22,24). The smallest absolute Gasteiger partial charge is 0.182 e. The van der Waals surface area contributed by atoms with Crippen LogP contribution >= 0.6 is 0 Å². The van der Waals surface area contributed by atoms with E-state index in [1.807, 2.05) is 36.4 Å². The van der Waals surface area contributed by atoms with E-state index in [2.05, 4.69) is 40.4 Å². The lowest BCUT2D eigenvalue weighted by molar-refractivity contribution is 1.15. The normalized spacial score (nSPS) is 10.5. The summed E-state index contributed by atoms with van der Waals surface area (Å²) in [7, 11) is 0. The van der Waals surface area contributed by atoms with E-state index < -0.39 is 0 Å². The molecule has 0 saturated carbocycles. The van der Waals surface area contributed by atoms with Gasteiger partial charge in [-0.25, -0.2) is 15.0 Å². The van der Waals surface area contributed by atoms with Gasteiger partial charge in [0.05, 0.1) is 17.7 Å². The van der Waals surface area contributed by atoms with E-state index in [4.69, 9.17) is 0 Å². The molecular weight excluding hydrogens is 304 g/mol. The molecule has 0 spiro atoms. The minimum absolute atomic E-state index is 0.530. The number of aromatic amines is 1. The molecule has 0 saturated heterocycles. The van der Waals surface area contributed by atoms with E-state index in [0.29, 0.717) is 34.1 Å². The molecule has 8 nitrogen and oxygen atoms in total. The van der Waals surface area contributed by atoms with E-state index >= 15 is 0 Å². The van der Waals surface area contributed by atoms with Crippen LogP contribution in [0.4, 0.5) is 5.82 Å². The van der Waals surface area contributed by atoms with Crippen LogP contribution in [-0.2, 0) is 0 Å². The minimum Gasteiger partial charge on any atom is -0.340 e. The first-order chi connectivity index (χ1) is 11.9. The topological polar surface area (TPSA) is 105 Å². The van der Waals surface area contributed by atoms with Gasteiger partial charge in [-0.05, 0) is 24.3 Å². The Morgan fingerprint density at radius 2 is 1.62 bits per heavy atom. The predicted molar refractivity (Wildman–Crippen MR) is 89.4 cm³/mol. The van der Waals surface area contributed by atoms with Crippen molar-refractivity contribution in [1.29, 1.82) is 0 Å². The van der Waals surface area contributed by atoms with Crippen molar-refractivity contribution in [2.24, 2.45) is 5.10 Å². The highest BCUT2D eigenvalue weighted by Gasteiger charge is 2.11. The fourth-order valence-corrected chi connectivity index (χ4v) is 2.21. The van der Waals surface area contributed by atoms with Gasteiger partial charge < -0.3 is 4.98 Å². The maximum atomic E-state index is 4.47.